The van der Waals surface area contributed by atoms with Gasteiger partial charge in [-0.15, -0.1) is 0 Å². The molecule has 0 saturated heterocycles. The predicted molar refractivity (Wildman–Crippen MR) is 50.6 cm³/mol. The SMILES string of the molecule is COc1ccc([C@@H](O)C(=O)O)cc1Cl. The fourth-order valence-corrected chi connectivity index (χ4v) is 1.26. The molecule has 0 spiro atoms. The quantitative estimate of drug-likeness (QED) is 0.803. The number of aliphatic hydroxyl groups excluding tert-OH is 1. The summed E-state index contributed by atoms with van der Waals surface area (Å²) >= 11 is 5.75. The van der Waals surface area contributed by atoms with Gasteiger partial charge in [0.25, 0.3) is 0 Å². The maximum Gasteiger partial charge on any atom is 0.337 e. The Kier molecular flexibility index (Phi) is 3.33. The molecule has 0 aliphatic rings. The summed E-state index contributed by atoms with van der Waals surface area (Å²) in [6.07, 6.45) is -1.56. The summed E-state index contributed by atoms with van der Waals surface area (Å²) in [6, 6.07) is 4.31. The third kappa shape index (κ3) is 2.16. The van der Waals surface area contributed by atoms with Gasteiger partial charge in [-0.3, -0.25) is 0 Å². The van der Waals surface area contributed by atoms with Crippen LogP contribution in [-0.4, -0.2) is 23.3 Å². The summed E-state index contributed by atoms with van der Waals surface area (Å²) in [5.74, 6) is -0.876. The van der Waals surface area contributed by atoms with Gasteiger partial charge in [0.1, 0.15) is 5.75 Å². The predicted octanol–water partition coefficient (Wildman–Crippen LogP) is 1.47. The van der Waals surface area contributed by atoms with E-state index in [0.717, 1.165) is 0 Å². The maximum atomic E-state index is 10.4. The fraction of sp³-hybridized carbons (Fsp3) is 0.222. The first-order valence-electron chi connectivity index (χ1n) is 3.80. The topological polar surface area (TPSA) is 66.8 Å². The molecule has 0 saturated carbocycles. The van der Waals surface area contributed by atoms with Crippen molar-refractivity contribution in [3.05, 3.63) is 28.8 Å². The summed E-state index contributed by atoms with van der Waals surface area (Å²) in [6.45, 7) is 0. The molecule has 5 heteroatoms. The molecular weight excluding hydrogens is 208 g/mol. The standard InChI is InChI=1S/C9H9ClO4/c1-14-7-3-2-5(4-6(7)10)8(11)9(12)13/h2-4,8,11H,1H3,(H,12,13)/t8-/m1/s1. The molecule has 2 N–H and O–H groups in total. The molecule has 76 valence electrons. The summed E-state index contributed by atoms with van der Waals surface area (Å²) in [4.78, 5) is 10.4. The second kappa shape index (κ2) is 4.30. The summed E-state index contributed by atoms with van der Waals surface area (Å²) < 4.78 is 4.88. The third-order valence-corrected chi connectivity index (χ3v) is 2.02. The molecule has 1 aromatic carbocycles. The number of ether oxygens (including phenoxy) is 1. The van der Waals surface area contributed by atoms with E-state index in [1.54, 1.807) is 0 Å². The van der Waals surface area contributed by atoms with Gasteiger partial charge in [0.15, 0.2) is 6.10 Å². The highest BCUT2D eigenvalue weighted by atomic mass is 35.5. The molecule has 14 heavy (non-hydrogen) atoms. The first-order valence-corrected chi connectivity index (χ1v) is 4.18. The van der Waals surface area contributed by atoms with Crippen molar-refractivity contribution in [3.8, 4) is 5.75 Å². The van der Waals surface area contributed by atoms with Crippen molar-refractivity contribution in [1.82, 2.24) is 0 Å². The van der Waals surface area contributed by atoms with Crippen LogP contribution in [-0.2, 0) is 4.79 Å². The van der Waals surface area contributed by atoms with Crippen molar-refractivity contribution in [2.75, 3.05) is 7.11 Å². The zero-order valence-electron chi connectivity index (χ0n) is 7.40. The minimum atomic E-state index is -1.56. The minimum absolute atomic E-state index is 0.225. The lowest BCUT2D eigenvalue weighted by Gasteiger charge is -2.08. The average Bonchev–Trinajstić information content (AvgIpc) is 2.16. The molecule has 0 amide bonds. The Hall–Kier alpha value is -1.26. The molecule has 0 aromatic heterocycles. The number of carboxylic acids is 1. The number of carboxylic acid groups (broad SMARTS) is 1. The van der Waals surface area contributed by atoms with Crippen LogP contribution in [0.2, 0.25) is 5.02 Å². The number of carbonyl (C=O) groups is 1. The number of hydrogen-bond donors (Lipinski definition) is 2. The molecule has 4 nitrogen and oxygen atoms in total. The van der Waals surface area contributed by atoms with E-state index in [0.29, 0.717) is 5.75 Å². The van der Waals surface area contributed by atoms with Crippen molar-refractivity contribution < 1.29 is 19.7 Å². The van der Waals surface area contributed by atoms with Gasteiger partial charge in [0, 0.05) is 0 Å². The molecule has 0 heterocycles. The van der Waals surface area contributed by atoms with Crippen LogP contribution in [0.5, 0.6) is 5.75 Å². The third-order valence-electron chi connectivity index (χ3n) is 1.73. The van der Waals surface area contributed by atoms with E-state index in [2.05, 4.69) is 0 Å². The lowest BCUT2D eigenvalue weighted by Crippen LogP contribution is -2.10. The first kappa shape index (κ1) is 10.8. The average molecular weight is 217 g/mol. The van der Waals surface area contributed by atoms with E-state index in [4.69, 9.17) is 21.4 Å². The lowest BCUT2D eigenvalue weighted by atomic mass is 10.1. The van der Waals surface area contributed by atoms with Gasteiger partial charge in [-0.2, -0.15) is 0 Å². The zero-order chi connectivity index (χ0) is 10.7. The van der Waals surface area contributed by atoms with Crippen molar-refractivity contribution in [1.29, 1.82) is 0 Å². The molecule has 0 unspecified atom stereocenters. The monoisotopic (exact) mass is 216 g/mol. The van der Waals surface area contributed by atoms with Crippen molar-refractivity contribution in [2.24, 2.45) is 0 Å². The molecule has 1 aromatic rings. The Labute approximate surface area is 85.7 Å². The summed E-state index contributed by atoms with van der Waals surface area (Å²) in [7, 11) is 1.45. The maximum absolute atomic E-state index is 10.4. The van der Waals surface area contributed by atoms with E-state index < -0.39 is 12.1 Å². The Morgan fingerprint density at radius 2 is 2.21 bits per heavy atom. The van der Waals surface area contributed by atoms with E-state index in [1.807, 2.05) is 0 Å². The summed E-state index contributed by atoms with van der Waals surface area (Å²) in [5.41, 5.74) is 0.225. The van der Waals surface area contributed by atoms with Gasteiger partial charge in [0.2, 0.25) is 0 Å². The number of hydrogen-bond acceptors (Lipinski definition) is 3. The number of methoxy groups -OCH3 is 1. The van der Waals surface area contributed by atoms with Gasteiger partial charge >= 0.3 is 5.97 Å². The van der Waals surface area contributed by atoms with Gasteiger partial charge in [-0.25, -0.2) is 4.79 Å². The van der Waals surface area contributed by atoms with Crippen molar-refractivity contribution >= 4 is 17.6 Å². The zero-order valence-corrected chi connectivity index (χ0v) is 8.15. The van der Waals surface area contributed by atoms with Crippen LogP contribution in [0, 0.1) is 0 Å². The fourth-order valence-electron chi connectivity index (χ4n) is 0.995. The Bertz CT molecular complexity index is 351. The van der Waals surface area contributed by atoms with Crippen LogP contribution in [0.15, 0.2) is 18.2 Å². The second-order valence-electron chi connectivity index (χ2n) is 2.63. The summed E-state index contributed by atoms with van der Waals surface area (Å²) in [5, 5.41) is 18.0. The molecule has 1 atom stereocenters. The van der Waals surface area contributed by atoms with Crippen LogP contribution in [0.25, 0.3) is 0 Å². The van der Waals surface area contributed by atoms with Gasteiger partial charge in [-0.05, 0) is 17.7 Å². The number of aliphatic hydroxyl groups is 1. The van der Waals surface area contributed by atoms with Crippen LogP contribution < -0.4 is 4.74 Å². The van der Waals surface area contributed by atoms with Crippen LogP contribution in [0.1, 0.15) is 11.7 Å². The highest BCUT2D eigenvalue weighted by Gasteiger charge is 2.16. The normalized spacial score (nSPS) is 12.2. The minimum Gasteiger partial charge on any atom is -0.495 e. The molecule has 0 aliphatic heterocycles. The molecule has 0 aliphatic carbocycles. The largest absolute Gasteiger partial charge is 0.495 e. The Morgan fingerprint density at radius 3 is 2.64 bits per heavy atom. The molecule has 0 fully saturated rings. The first-order chi connectivity index (χ1) is 6.56. The van der Waals surface area contributed by atoms with E-state index >= 15 is 0 Å². The number of rotatable bonds is 3. The van der Waals surface area contributed by atoms with Crippen molar-refractivity contribution in [3.63, 3.8) is 0 Å². The van der Waals surface area contributed by atoms with Crippen molar-refractivity contribution in [2.45, 2.75) is 6.10 Å². The van der Waals surface area contributed by atoms with E-state index in [-0.39, 0.29) is 10.6 Å². The Balaban J connectivity index is 3.02. The van der Waals surface area contributed by atoms with Crippen LogP contribution >= 0.6 is 11.6 Å². The Morgan fingerprint density at radius 1 is 1.57 bits per heavy atom. The molecule has 1 rings (SSSR count). The smallest absolute Gasteiger partial charge is 0.337 e. The van der Waals surface area contributed by atoms with E-state index in [9.17, 15) is 9.90 Å². The lowest BCUT2D eigenvalue weighted by molar-refractivity contribution is -0.146. The van der Waals surface area contributed by atoms with E-state index in [1.165, 1.54) is 25.3 Å². The molecular formula is C9H9ClO4. The number of halogens is 1. The highest BCUT2D eigenvalue weighted by Crippen LogP contribution is 2.27. The van der Waals surface area contributed by atoms with Gasteiger partial charge in [-0.1, -0.05) is 17.7 Å². The van der Waals surface area contributed by atoms with Crippen LogP contribution in [0.3, 0.4) is 0 Å². The second-order valence-corrected chi connectivity index (χ2v) is 3.04. The van der Waals surface area contributed by atoms with Gasteiger partial charge in [0.05, 0.1) is 12.1 Å². The number of benzene rings is 1. The van der Waals surface area contributed by atoms with Gasteiger partial charge < -0.3 is 14.9 Å². The molecule has 0 bridgehead atoms. The number of aliphatic carboxylic acids is 1. The highest BCUT2D eigenvalue weighted by molar-refractivity contribution is 6.32. The van der Waals surface area contributed by atoms with Crippen LogP contribution in [0.4, 0.5) is 0 Å². The molecule has 0 radical (unpaired) electrons.